The van der Waals surface area contributed by atoms with Gasteiger partial charge in [-0.25, -0.2) is 0 Å². The summed E-state index contributed by atoms with van der Waals surface area (Å²) in [5.41, 5.74) is 3.65. The van der Waals surface area contributed by atoms with Crippen LogP contribution in [-0.2, 0) is 6.04 Å². The summed E-state index contributed by atoms with van der Waals surface area (Å²) in [6.07, 6.45) is 1.36. The van der Waals surface area contributed by atoms with E-state index < -0.39 is 8.07 Å². The summed E-state index contributed by atoms with van der Waals surface area (Å²) >= 11 is 0. The molecule has 0 N–H and O–H groups in total. The molecule has 0 spiro atoms. The lowest BCUT2D eigenvalue weighted by Crippen LogP contribution is -2.55. The molecule has 1 aliphatic rings. The Balaban J connectivity index is 1.63. The average molecular weight is 369 g/mol. The van der Waals surface area contributed by atoms with Crippen molar-refractivity contribution in [1.29, 1.82) is 0 Å². The van der Waals surface area contributed by atoms with E-state index in [0.29, 0.717) is 0 Å². The average Bonchev–Trinajstić information content (AvgIpc) is 2.71. The van der Waals surface area contributed by atoms with Gasteiger partial charge < -0.3 is 4.74 Å². The van der Waals surface area contributed by atoms with Gasteiger partial charge in [-0.15, -0.1) is 0 Å². The van der Waals surface area contributed by atoms with Gasteiger partial charge in [0.2, 0.25) is 0 Å². The molecule has 0 unspecified atom stereocenters. The summed E-state index contributed by atoms with van der Waals surface area (Å²) in [5, 5.41) is 1.56. The highest BCUT2D eigenvalue weighted by Gasteiger charge is 2.41. The molecule has 0 amide bonds. The SMILES string of the molecule is COc1ccc([Si]2(Cc3ccccc3C#Cc3ccccc3)CCC2)cc1. The zero-order valence-corrected chi connectivity index (χ0v) is 16.7. The van der Waals surface area contributed by atoms with Crippen molar-refractivity contribution >= 4 is 13.3 Å². The molecule has 3 aromatic carbocycles. The first-order valence-corrected chi connectivity index (χ1v) is 12.2. The Morgan fingerprint density at radius 3 is 2.19 bits per heavy atom. The van der Waals surface area contributed by atoms with E-state index in [1.807, 2.05) is 18.2 Å². The van der Waals surface area contributed by atoms with Crippen molar-refractivity contribution in [1.82, 2.24) is 0 Å². The lowest BCUT2D eigenvalue weighted by molar-refractivity contribution is 0.415. The highest BCUT2D eigenvalue weighted by Crippen LogP contribution is 2.35. The van der Waals surface area contributed by atoms with E-state index in [2.05, 4.69) is 72.5 Å². The van der Waals surface area contributed by atoms with Gasteiger partial charge in [-0.2, -0.15) is 0 Å². The van der Waals surface area contributed by atoms with Crippen LogP contribution >= 0.6 is 0 Å². The molecule has 1 saturated heterocycles. The van der Waals surface area contributed by atoms with Crippen LogP contribution in [0.3, 0.4) is 0 Å². The number of hydrogen-bond donors (Lipinski definition) is 0. The van der Waals surface area contributed by atoms with Gasteiger partial charge in [-0.1, -0.05) is 84.1 Å². The highest BCUT2D eigenvalue weighted by atomic mass is 28.3. The molecule has 0 aromatic heterocycles. The molecule has 0 bridgehead atoms. The minimum absolute atomic E-state index is 0.941. The van der Waals surface area contributed by atoms with Crippen LogP contribution < -0.4 is 9.92 Å². The van der Waals surface area contributed by atoms with E-state index in [-0.39, 0.29) is 0 Å². The Labute approximate surface area is 163 Å². The van der Waals surface area contributed by atoms with Gasteiger partial charge in [0.1, 0.15) is 5.75 Å². The molecule has 2 heteroatoms. The van der Waals surface area contributed by atoms with Crippen LogP contribution in [0.5, 0.6) is 5.75 Å². The lowest BCUT2D eigenvalue weighted by Gasteiger charge is -2.41. The zero-order chi connectivity index (χ0) is 18.5. The molecule has 3 aromatic rings. The molecule has 1 aliphatic heterocycles. The summed E-state index contributed by atoms with van der Waals surface area (Å²) in [7, 11) is 0.271. The summed E-state index contributed by atoms with van der Waals surface area (Å²) in [5.74, 6) is 7.69. The van der Waals surface area contributed by atoms with E-state index in [9.17, 15) is 0 Å². The summed E-state index contributed by atoms with van der Waals surface area (Å²) < 4.78 is 5.34. The van der Waals surface area contributed by atoms with Crippen molar-refractivity contribution in [3.63, 3.8) is 0 Å². The normalized spacial score (nSPS) is 14.6. The van der Waals surface area contributed by atoms with Crippen LogP contribution in [0, 0.1) is 11.8 Å². The Kier molecular flexibility index (Phi) is 5.13. The van der Waals surface area contributed by atoms with Crippen molar-refractivity contribution in [2.45, 2.75) is 24.6 Å². The van der Waals surface area contributed by atoms with E-state index in [1.54, 1.807) is 12.3 Å². The molecule has 0 aliphatic carbocycles. The molecule has 27 heavy (non-hydrogen) atoms. The van der Waals surface area contributed by atoms with Crippen LogP contribution in [0.4, 0.5) is 0 Å². The number of hydrogen-bond acceptors (Lipinski definition) is 1. The second-order valence-electron chi connectivity index (χ2n) is 7.31. The molecular weight excluding hydrogens is 344 g/mol. The van der Waals surface area contributed by atoms with Crippen LogP contribution in [-0.4, -0.2) is 15.2 Å². The Hall–Kier alpha value is -2.76. The predicted molar refractivity (Wildman–Crippen MR) is 115 cm³/mol. The molecule has 4 rings (SSSR count). The molecule has 0 atom stereocenters. The maximum absolute atomic E-state index is 5.34. The standard InChI is InChI=1S/C25H24OSi/c1-26-24-14-16-25(17-15-24)27(18-7-19-27)20-23-11-6-5-10-22(23)13-12-21-8-3-2-4-9-21/h2-6,8-11,14-17H,7,18-20H2,1H3. The van der Waals surface area contributed by atoms with Gasteiger partial charge >= 0.3 is 0 Å². The van der Waals surface area contributed by atoms with Gasteiger partial charge in [0, 0.05) is 11.1 Å². The second-order valence-corrected chi connectivity index (χ2v) is 11.8. The highest BCUT2D eigenvalue weighted by molar-refractivity contribution is 6.93. The quantitative estimate of drug-likeness (QED) is 0.468. The Morgan fingerprint density at radius 2 is 1.52 bits per heavy atom. The second kappa shape index (κ2) is 7.86. The van der Waals surface area contributed by atoms with Crippen LogP contribution in [0.15, 0.2) is 78.9 Å². The zero-order valence-electron chi connectivity index (χ0n) is 15.7. The minimum Gasteiger partial charge on any atom is -0.497 e. The first-order chi connectivity index (χ1) is 13.3. The third kappa shape index (κ3) is 3.84. The van der Waals surface area contributed by atoms with E-state index >= 15 is 0 Å². The molecule has 1 fully saturated rings. The monoisotopic (exact) mass is 368 g/mol. The summed E-state index contributed by atoms with van der Waals surface area (Å²) in [6, 6.07) is 31.7. The number of ether oxygens (including phenoxy) is 1. The van der Waals surface area contributed by atoms with E-state index in [0.717, 1.165) is 11.3 Å². The first-order valence-electron chi connectivity index (χ1n) is 9.59. The van der Waals surface area contributed by atoms with Crippen molar-refractivity contribution in [3.05, 3.63) is 95.6 Å². The third-order valence-electron chi connectivity index (χ3n) is 5.67. The van der Waals surface area contributed by atoms with E-state index in [1.165, 1.54) is 35.7 Å². The molecule has 134 valence electrons. The summed E-state index contributed by atoms with van der Waals surface area (Å²) in [6.45, 7) is 0. The topological polar surface area (TPSA) is 9.23 Å². The van der Waals surface area contributed by atoms with Gasteiger partial charge in [-0.05, 0) is 41.9 Å². The molecule has 0 saturated carbocycles. The minimum atomic E-state index is -1.46. The number of benzene rings is 3. The maximum atomic E-state index is 5.34. The van der Waals surface area contributed by atoms with Crippen molar-refractivity contribution < 1.29 is 4.74 Å². The fourth-order valence-corrected chi connectivity index (χ4v) is 8.19. The lowest BCUT2D eigenvalue weighted by atomic mass is 10.1. The molecule has 0 radical (unpaired) electrons. The first kappa shape index (κ1) is 17.6. The van der Waals surface area contributed by atoms with E-state index in [4.69, 9.17) is 4.74 Å². The van der Waals surface area contributed by atoms with Crippen LogP contribution in [0.25, 0.3) is 0 Å². The smallest absolute Gasteiger partial charge is 0.118 e. The van der Waals surface area contributed by atoms with Gasteiger partial charge in [-0.3, -0.25) is 0 Å². The summed E-state index contributed by atoms with van der Waals surface area (Å²) in [4.78, 5) is 0. The van der Waals surface area contributed by atoms with Gasteiger partial charge in [0.15, 0.2) is 0 Å². The van der Waals surface area contributed by atoms with Crippen LogP contribution in [0.2, 0.25) is 12.1 Å². The van der Waals surface area contributed by atoms with Gasteiger partial charge in [0.25, 0.3) is 0 Å². The van der Waals surface area contributed by atoms with Crippen molar-refractivity contribution in [3.8, 4) is 17.6 Å². The molecule has 1 nitrogen and oxygen atoms in total. The fourth-order valence-electron chi connectivity index (χ4n) is 3.94. The number of methoxy groups -OCH3 is 1. The van der Waals surface area contributed by atoms with Crippen molar-refractivity contribution in [2.75, 3.05) is 7.11 Å². The molecular formula is C25H24OSi. The van der Waals surface area contributed by atoms with Crippen molar-refractivity contribution in [2.24, 2.45) is 0 Å². The largest absolute Gasteiger partial charge is 0.497 e. The van der Waals surface area contributed by atoms with Crippen LogP contribution in [0.1, 0.15) is 23.1 Å². The Bertz CT molecular complexity index is 960. The predicted octanol–water partition coefficient (Wildman–Crippen LogP) is 4.94. The number of rotatable bonds is 4. The Morgan fingerprint density at radius 1 is 0.815 bits per heavy atom. The molecule has 1 heterocycles. The van der Waals surface area contributed by atoms with Gasteiger partial charge in [0.05, 0.1) is 15.2 Å². The fraction of sp³-hybridized carbons (Fsp3) is 0.200. The third-order valence-corrected chi connectivity index (χ3v) is 10.9. The maximum Gasteiger partial charge on any atom is 0.118 e.